The first-order valence-corrected chi connectivity index (χ1v) is 7.71. The van der Waals surface area contributed by atoms with Gasteiger partial charge in [0.15, 0.2) is 0 Å². The highest BCUT2D eigenvalue weighted by Gasteiger charge is 2.24. The lowest BCUT2D eigenvalue weighted by molar-refractivity contribution is 0.00397. The summed E-state index contributed by atoms with van der Waals surface area (Å²) in [6.07, 6.45) is 2.70. The van der Waals surface area contributed by atoms with Crippen LogP contribution in [0.5, 0.6) is 0 Å². The molecule has 1 aromatic rings. The Bertz CT molecular complexity index is 411. The number of thiophene rings is 1. The molecular formula is C14H21NO3S. The van der Waals surface area contributed by atoms with Crippen LogP contribution < -0.4 is 0 Å². The number of amides is 1. The lowest BCUT2D eigenvalue weighted by Crippen LogP contribution is -2.41. The van der Waals surface area contributed by atoms with Crippen molar-refractivity contribution in [1.29, 1.82) is 0 Å². The van der Waals surface area contributed by atoms with Crippen LogP contribution in [-0.4, -0.2) is 48.3 Å². The molecule has 4 nitrogen and oxygen atoms in total. The molecular weight excluding hydrogens is 262 g/mol. The van der Waals surface area contributed by atoms with Crippen LogP contribution in [0.25, 0.3) is 0 Å². The summed E-state index contributed by atoms with van der Waals surface area (Å²) in [5.74, 6) is 0.146. The number of carbonyl (C=O) groups is 1. The van der Waals surface area contributed by atoms with Crippen LogP contribution in [-0.2, 0) is 4.74 Å². The van der Waals surface area contributed by atoms with E-state index in [0.717, 1.165) is 37.1 Å². The molecule has 0 saturated carbocycles. The first-order valence-electron chi connectivity index (χ1n) is 6.77. The van der Waals surface area contributed by atoms with Gasteiger partial charge in [-0.2, -0.15) is 11.3 Å². The third-order valence-electron chi connectivity index (χ3n) is 3.47. The van der Waals surface area contributed by atoms with Gasteiger partial charge in [-0.15, -0.1) is 0 Å². The molecule has 0 aromatic carbocycles. The van der Waals surface area contributed by atoms with E-state index in [-0.39, 0.29) is 18.6 Å². The Balaban J connectivity index is 1.80. The van der Waals surface area contributed by atoms with Gasteiger partial charge in [-0.3, -0.25) is 4.79 Å². The van der Waals surface area contributed by atoms with E-state index in [1.165, 1.54) is 0 Å². The Morgan fingerprint density at radius 3 is 2.79 bits per heavy atom. The molecule has 1 fully saturated rings. The molecule has 1 amide bonds. The smallest absolute Gasteiger partial charge is 0.254 e. The molecule has 1 aromatic heterocycles. The average molecular weight is 283 g/mol. The SMILES string of the molecule is Cc1cscc1C(=O)N1CCC(OCCCO)CC1. The number of likely N-dealkylation sites (tertiary alicyclic amines) is 1. The van der Waals surface area contributed by atoms with Gasteiger partial charge >= 0.3 is 0 Å². The lowest BCUT2D eigenvalue weighted by atomic mass is 10.1. The van der Waals surface area contributed by atoms with Gasteiger partial charge < -0.3 is 14.7 Å². The summed E-state index contributed by atoms with van der Waals surface area (Å²) < 4.78 is 5.67. The minimum absolute atomic E-state index is 0.146. The zero-order chi connectivity index (χ0) is 13.7. The number of rotatable bonds is 5. The third-order valence-corrected chi connectivity index (χ3v) is 4.33. The van der Waals surface area contributed by atoms with Crippen LogP contribution in [0.1, 0.15) is 35.2 Å². The molecule has 0 bridgehead atoms. The standard InChI is InChI=1S/C14H21NO3S/c1-11-9-19-10-13(11)14(17)15-5-3-12(4-6-15)18-8-2-7-16/h9-10,12,16H,2-8H2,1H3. The molecule has 0 unspecified atom stereocenters. The normalized spacial score (nSPS) is 16.8. The van der Waals surface area contributed by atoms with Crippen LogP contribution in [0, 0.1) is 6.92 Å². The summed E-state index contributed by atoms with van der Waals surface area (Å²) in [5.41, 5.74) is 1.90. The number of hydrogen-bond acceptors (Lipinski definition) is 4. The number of aryl methyl sites for hydroxylation is 1. The van der Waals surface area contributed by atoms with Crippen molar-refractivity contribution in [2.75, 3.05) is 26.3 Å². The molecule has 2 heterocycles. The molecule has 0 spiro atoms. The molecule has 2 rings (SSSR count). The monoisotopic (exact) mass is 283 g/mol. The Kier molecular flexibility index (Phi) is 5.36. The largest absolute Gasteiger partial charge is 0.396 e. The van der Waals surface area contributed by atoms with Crippen LogP contribution in [0.4, 0.5) is 0 Å². The van der Waals surface area contributed by atoms with Crippen molar-refractivity contribution in [3.8, 4) is 0 Å². The first kappa shape index (κ1) is 14.5. The van der Waals surface area contributed by atoms with E-state index < -0.39 is 0 Å². The lowest BCUT2D eigenvalue weighted by Gasteiger charge is -2.32. The molecule has 1 saturated heterocycles. The summed E-state index contributed by atoms with van der Waals surface area (Å²) in [6, 6.07) is 0. The zero-order valence-electron chi connectivity index (χ0n) is 11.3. The van der Waals surface area contributed by atoms with E-state index in [1.807, 2.05) is 22.6 Å². The van der Waals surface area contributed by atoms with E-state index >= 15 is 0 Å². The topological polar surface area (TPSA) is 49.8 Å². The molecule has 1 aliphatic heterocycles. The summed E-state index contributed by atoms with van der Waals surface area (Å²) in [5, 5.41) is 12.7. The van der Waals surface area contributed by atoms with Crippen molar-refractivity contribution >= 4 is 17.2 Å². The van der Waals surface area contributed by atoms with E-state index in [1.54, 1.807) is 11.3 Å². The van der Waals surface area contributed by atoms with Gasteiger partial charge in [0.05, 0.1) is 11.7 Å². The number of ether oxygens (including phenoxy) is 1. The maximum absolute atomic E-state index is 12.3. The summed E-state index contributed by atoms with van der Waals surface area (Å²) in [6.45, 7) is 4.29. The van der Waals surface area contributed by atoms with Gasteiger partial charge in [0.2, 0.25) is 0 Å². The van der Waals surface area contributed by atoms with Crippen LogP contribution >= 0.6 is 11.3 Å². The summed E-state index contributed by atoms with van der Waals surface area (Å²) in [7, 11) is 0. The van der Waals surface area contributed by atoms with Crippen molar-refractivity contribution in [1.82, 2.24) is 4.90 Å². The van der Waals surface area contributed by atoms with Gasteiger partial charge in [-0.1, -0.05) is 0 Å². The quantitative estimate of drug-likeness (QED) is 0.842. The summed E-state index contributed by atoms with van der Waals surface area (Å²) in [4.78, 5) is 14.2. The Labute approximate surface area is 118 Å². The molecule has 1 aliphatic rings. The van der Waals surface area contributed by atoms with E-state index in [2.05, 4.69) is 0 Å². The van der Waals surface area contributed by atoms with Gasteiger partial charge in [0.25, 0.3) is 5.91 Å². The minimum atomic E-state index is 0.146. The number of carbonyl (C=O) groups excluding carboxylic acids is 1. The number of hydrogen-bond donors (Lipinski definition) is 1. The van der Waals surface area contributed by atoms with Crippen LogP contribution in [0.15, 0.2) is 10.8 Å². The molecule has 19 heavy (non-hydrogen) atoms. The van der Waals surface area contributed by atoms with Crippen LogP contribution in [0.2, 0.25) is 0 Å². The molecule has 106 valence electrons. The van der Waals surface area contributed by atoms with E-state index in [9.17, 15) is 4.79 Å². The number of aliphatic hydroxyl groups excluding tert-OH is 1. The van der Waals surface area contributed by atoms with E-state index in [0.29, 0.717) is 13.0 Å². The number of piperidine rings is 1. The molecule has 0 radical (unpaired) electrons. The Morgan fingerprint density at radius 1 is 1.47 bits per heavy atom. The van der Waals surface area contributed by atoms with Gasteiger partial charge in [0.1, 0.15) is 0 Å². The molecule has 5 heteroatoms. The average Bonchev–Trinajstić information content (AvgIpc) is 2.85. The van der Waals surface area contributed by atoms with Crippen molar-refractivity contribution in [2.24, 2.45) is 0 Å². The van der Waals surface area contributed by atoms with Gasteiger partial charge in [-0.05, 0) is 37.1 Å². The first-order chi connectivity index (χ1) is 9.22. The maximum Gasteiger partial charge on any atom is 0.254 e. The molecule has 1 N–H and O–H groups in total. The van der Waals surface area contributed by atoms with Crippen molar-refractivity contribution in [2.45, 2.75) is 32.3 Å². The highest BCUT2D eigenvalue weighted by atomic mass is 32.1. The Hall–Kier alpha value is -0.910. The minimum Gasteiger partial charge on any atom is -0.396 e. The fourth-order valence-electron chi connectivity index (χ4n) is 2.29. The zero-order valence-corrected chi connectivity index (χ0v) is 12.1. The fraction of sp³-hybridized carbons (Fsp3) is 0.643. The summed E-state index contributed by atoms with van der Waals surface area (Å²) >= 11 is 1.58. The number of nitrogens with zero attached hydrogens (tertiary/aromatic N) is 1. The second-order valence-corrected chi connectivity index (χ2v) is 5.65. The maximum atomic E-state index is 12.3. The van der Waals surface area contributed by atoms with Gasteiger partial charge in [-0.25, -0.2) is 0 Å². The predicted molar refractivity (Wildman–Crippen MR) is 75.6 cm³/mol. The van der Waals surface area contributed by atoms with Crippen LogP contribution in [0.3, 0.4) is 0 Å². The predicted octanol–water partition coefficient (Wildman–Crippen LogP) is 2.06. The third kappa shape index (κ3) is 3.78. The van der Waals surface area contributed by atoms with Crippen molar-refractivity contribution in [3.05, 3.63) is 21.9 Å². The second-order valence-electron chi connectivity index (χ2n) is 4.91. The molecule has 0 atom stereocenters. The fourth-order valence-corrected chi connectivity index (χ4v) is 3.11. The second kappa shape index (κ2) is 7.03. The Morgan fingerprint density at radius 2 is 2.21 bits per heavy atom. The van der Waals surface area contributed by atoms with Gasteiger partial charge in [0, 0.05) is 31.7 Å². The van der Waals surface area contributed by atoms with Crippen molar-refractivity contribution in [3.63, 3.8) is 0 Å². The van der Waals surface area contributed by atoms with Crippen molar-refractivity contribution < 1.29 is 14.6 Å². The number of aliphatic hydroxyl groups is 1. The highest BCUT2D eigenvalue weighted by Crippen LogP contribution is 2.20. The highest BCUT2D eigenvalue weighted by molar-refractivity contribution is 7.08. The molecule has 0 aliphatic carbocycles. The van der Waals surface area contributed by atoms with E-state index in [4.69, 9.17) is 9.84 Å².